The van der Waals surface area contributed by atoms with Crippen molar-refractivity contribution in [2.75, 3.05) is 39.8 Å². The van der Waals surface area contributed by atoms with Crippen LogP contribution in [0.4, 0.5) is 4.39 Å². The van der Waals surface area contributed by atoms with Crippen LogP contribution in [-0.4, -0.2) is 55.5 Å². The van der Waals surface area contributed by atoms with Gasteiger partial charge in [-0.25, -0.2) is 4.39 Å². The number of guanidine groups is 1. The standard InChI is InChI=1S/C16H22BrFN4/c1-3-6-20-16(19-2)22-9-7-21(8-10-22)12-13-4-5-14(17)15(18)11-13/h3-5,11H,1,6-10,12H2,2H3,(H,19,20). The zero-order valence-corrected chi connectivity index (χ0v) is 14.4. The van der Waals surface area contributed by atoms with Crippen molar-refractivity contribution in [2.45, 2.75) is 6.54 Å². The molecule has 6 heteroatoms. The first-order valence-electron chi connectivity index (χ1n) is 7.37. The van der Waals surface area contributed by atoms with Crippen molar-refractivity contribution in [3.05, 3.63) is 46.7 Å². The van der Waals surface area contributed by atoms with Gasteiger partial charge in [0.05, 0.1) is 4.47 Å². The van der Waals surface area contributed by atoms with Crippen LogP contribution in [0.25, 0.3) is 0 Å². The Morgan fingerprint density at radius 1 is 1.41 bits per heavy atom. The fraction of sp³-hybridized carbons (Fsp3) is 0.438. The smallest absolute Gasteiger partial charge is 0.193 e. The maximum Gasteiger partial charge on any atom is 0.193 e. The second kappa shape index (κ2) is 8.29. The first-order chi connectivity index (χ1) is 10.6. The van der Waals surface area contributed by atoms with Gasteiger partial charge in [0.2, 0.25) is 0 Å². The summed E-state index contributed by atoms with van der Waals surface area (Å²) < 4.78 is 14.1. The molecule has 1 heterocycles. The Labute approximate surface area is 139 Å². The van der Waals surface area contributed by atoms with Crippen molar-refractivity contribution < 1.29 is 4.39 Å². The van der Waals surface area contributed by atoms with Gasteiger partial charge in [-0.05, 0) is 33.6 Å². The minimum atomic E-state index is -0.204. The molecule has 0 atom stereocenters. The average Bonchev–Trinajstić information content (AvgIpc) is 2.53. The molecule has 0 amide bonds. The molecule has 1 fully saturated rings. The molecule has 0 unspecified atom stereocenters. The van der Waals surface area contributed by atoms with E-state index in [0.717, 1.165) is 44.2 Å². The van der Waals surface area contributed by atoms with Crippen LogP contribution < -0.4 is 5.32 Å². The van der Waals surface area contributed by atoms with Crippen molar-refractivity contribution in [1.82, 2.24) is 15.1 Å². The Kier molecular flexibility index (Phi) is 6.39. The van der Waals surface area contributed by atoms with E-state index in [-0.39, 0.29) is 5.82 Å². The Morgan fingerprint density at radius 2 is 2.14 bits per heavy atom. The van der Waals surface area contributed by atoms with Crippen LogP contribution in [0.5, 0.6) is 0 Å². The molecule has 2 rings (SSSR count). The Morgan fingerprint density at radius 3 is 2.73 bits per heavy atom. The molecule has 0 aliphatic carbocycles. The molecule has 0 bridgehead atoms. The minimum absolute atomic E-state index is 0.204. The first kappa shape index (κ1) is 17.0. The lowest BCUT2D eigenvalue weighted by Gasteiger charge is -2.36. The number of nitrogens with zero attached hydrogens (tertiary/aromatic N) is 3. The summed E-state index contributed by atoms with van der Waals surface area (Å²) in [6.45, 7) is 8.89. The van der Waals surface area contributed by atoms with Gasteiger partial charge in [0, 0.05) is 46.3 Å². The minimum Gasteiger partial charge on any atom is -0.353 e. The van der Waals surface area contributed by atoms with Crippen molar-refractivity contribution in [2.24, 2.45) is 4.99 Å². The topological polar surface area (TPSA) is 30.9 Å². The molecule has 0 aromatic heterocycles. The van der Waals surface area contributed by atoms with Crippen LogP contribution in [-0.2, 0) is 6.54 Å². The predicted molar refractivity (Wildman–Crippen MR) is 92.5 cm³/mol. The summed E-state index contributed by atoms with van der Waals surface area (Å²) in [6.07, 6.45) is 1.82. The van der Waals surface area contributed by atoms with Crippen LogP contribution in [0.1, 0.15) is 5.56 Å². The third-order valence-corrected chi connectivity index (χ3v) is 4.32. The molecule has 1 aliphatic rings. The van der Waals surface area contributed by atoms with Gasteiger partial charge in [0.15, 0.2) is 5.96 Å². The van der Waals surface area contributed by atoms with E-state index in [0.29, 0.717) is 11.0 Å². The highest BCUT2D eigenvalue weighted by atomic mass is 79.9. The second-order valence-electron chi connectivity index (χ2n) is 5.23. The molecular weight excluding hydrogens is 347 g/mol. The molecule has 1 N–H and O–H groups in total. The zero-order valence-electron chi connectivity index (χ0n) is 12.9. The highest BCUT2D eigenvalue weighted by Crippen LogP contribution is 2.18. The number of hydrogen-bond acceptors (Lipinski definition) is 2. The summed E-state index contributed by atoms with van der Waals surface area (Å²) in [6, 6.07) is 5.33. The van der Waals surface area contributed by atoms with Gasteiger partial charge in [-0.3, -0.25) is 9.89 Å². The first-order valence-corrected chi connectivity index (χ1v) is 8.16. The van der Waals surface area contributed by atoms with Gasteiger partial charge < -0.3 is 10.2 Å². The molecule has 22 heavy (non-hydrogen) atoms. The molecule has 0 radical (unpaired) electrons. The van der Waals surface area contributed by atoms with Crippen molar-refractivity contribution in [1.29, 1.82) is 0 Å². The average molecular weight is 369 g/mol. The van der Waals surface area contributed by atoms with Crippen LogP contribution in [0.2, 0.25) is 0 Å². The lowest BCUT2D eigenvalue weighted by Crippen LogP contribution is -2.52. The summed E-state index contributed by atoms with van der Waals surface area (Å²) in [4.78, 5) is 8.86. The maximum absolute atomic E-state index is 13.6. The highest BCUT2D eigenvalue weighted by molar-refractivity contribution is 9.10. The van der Waals surface area contributed by atoms with E-state index in [4.69, 9.17) is 0 Å². The fourth-order valence-corrected chi connectivity index (χ4v) is 2.76. The van der Waals surface area contributed by atoms with Gasteiger partial charge in [0.25, 0.3) is 0 Å². The lowest BCUT2D eigenvalue weighted by molar-refractivity contribution is 0.172. The van der Waals surface area contributed by atoms with Gasteiger partial charge in [-0.1, -0.05) is 12.1 Å². The SMILES string of the molecule is C=CCNC(=NC)N1CCN(Cc2ccc(Br)c(F)c2)CC1. The van der Waals surface area contributed by atoms with Crippen LogP contribution in [0, 0.1) is 5.82 Å². The van der Waals surface area contributed by atoms with E-state index < -0.39 is 0 Å². The van der Waals surface area contributed by atoms with E-state index in [2.05, 4.69) is 42.6 Å². The van der Waals surface area contributed by atoms with E-state index >= 15 is 0 Å². The Hall–Kier alpha value is -1.40. The number of piperazine rings is 1. The van der Waals surface area contributed by atoms with E-state index in [9.17, 15) is 4.39 Å². The van der Waals surface area contributed by atoms with Gasteiger partial charge in [-0.15, -0.1) is 6.58 Å². The summed E-state index contributed by atoms with van der Waals surface area (Å²) in [5, 5.41) is 3.25. The molecule has 1 aliphatic heterocycles. The number of halogens is 2. The van der Waals surface area contributed by atoms with Crippen molar-refractivity contribution >= 4 is 21.9 Å². The summed E-state index contributed by atoms with van der Waals surface area (Å²) in [5.74, 6) is 0.708. The van der Waals surface area contributed by atoms with E-state index in [1.807, 2.05) is 12.1 Å². The molecule has 1 aromatic rings. The van der Waals surface area contributed by atoms with Crippen LogP contribution >= 0.6 is 15.9 Å². The molecule has 120 valence electrons. The van der Waals surface area contributed by atoms with E-state index in [1.165, 1.54) is 0 Å². The number of nitrogens with one attached hydrogen (secondary N) is 1. The third kappa shape index (κ3) is 4.55. The second-order valence-corrected chi connectivity index (χ2v) is 6.08. The quantitative estimate of drug-likeness (QED) is 0.503. The summed E-state index contributed by atoms with van der Waals surface area (Å²) in [5.41, 5.74) is 1.00. The fourth-order valence-electron chi connectivity index (χ4n) is 2.51. The van der Waals surface area contributed by atoms with Gasteiger partial charge in [0.1, 0.15) is 5.82 Å². The summed E-state index contributed by atoms with van der Waals surface area (Å²) >= 11 is 3.18. The van der Waals surface area contributed by atoms with Gasteiger partial charge in [-0.2, -0.15) is 0 Å². The van der Waals surface area contributed by atoms with Gasteiger partial charge >= 0.3 is 0 Å². The third-order valence-electron chi connectivity index (χ3n) is 3.68. The van der Waals surface area contributed by atoms with Crippen LogP contribution in [0.15, 0.2) is 40.3 Å². The molecule has 0 saturated carbocycles. The van der Waals surface area contributed by atoms with Crippen molar-refractivity contribution in [3.8, 4) is 0 Å². The Bertz CT molecular complexity index is 539. The zero-order chi connectivity index (χ0) is 15.9. The molecule has 1 saturated heterocycles. The van der Waals surface area contributed by atoms with Crippen LogP contribution in [0.3, 0.4) is 0 Å². The number of rotatable bonds is 4. The van der Waals surface area contributed by atoms with Crippen molar-refractivity contribution in [3.63, 3.8) is 0 Å². The normalized spacial score (nSPS) is 16.7. The highest BCUT2D eigenvalue weighted by Gasteiger charge is 2.19. The predicted octanol–water partition coefficient (Wildman–Crippen LogP) is 2.47. The number of aliphatic imine (C=N–C) groups is 1. The largest absolute Gasteiger partial charge is 0.353 e. The summed E-state index contributed by atoms with van der Waals surface area (Å²) in [7, 11) is 1.79. The number of benzene rings is 1. The lowest BCUT2D eigenvalue weighted by atomic mass is 10.2. The Balaban J connectivity index is 1.86. The molecular formula is C16H22BrFN4. The monoisotopic (exact) mass is 368 g/mol. The number of hydrogen-bond donors (Lipinski definition) is 1. The molecule has 1 aromatic carbocycles. The molecule has 0 spiro atoms. The maximum atomic E-state index is 13.6. The van der Waals surface area contributed by atoms with E-state index in [1.54, 1.807) is 19.2 Å². The molecule has 4 nitrogen and oxygen atoms in total.